The molecule has 0 unspecified atom stereocenters. The van der Waals surface area contributed by atoms with E-state index in [4.69, 9.17) is 4.74 Å². The molecule has 1 N–H and O–H groups in total. The molecule has 7 nitrogen and oxygen atoms in total. The Bertz CT molecular complexity index is 527. The van der Waals surface area contributed by atoms with Gasteiger partial charge in [-0.05, 0) is 20.3 Å². The molecule has 0 aromatic carbocycles. The summed E-state index contributed by atoms with van der Waals surface area (Å²) in [5, 5.41) is 6.99. The molecule has 7 heteroatoms. The number of nitrogens with zero attached hydrogens (tertiary/aromatic N) is 3. The molecule has 0 aliphatic carbocycles. The number of carbonyl (C=O) groups excluding carboxylic acids is 2. The van der Waals surface area contributed by atoms with Gasteiger partial charge in [-0.3, -0.25) is 14.3 Å². The van der Waals surface area contributed by atoms with Crippen molar-refractivity contribution in [1.82, 2.24) is 14.7 Å². The number of likely N-dealkylation sites (tertiary alicyclic amines) is 1. The van der Waals surface area contributed by atoms with Crippen molar-refractivity contribution >= 4 is 17.6 Å². The largest absolute Gasteiger partial charge is 0.378 e. The van der Waals surface area contributed by atoms with Gasteiger partial charge in [-0.15, -0.1) is 0 Å². The third-order valence-electron chi connectivity index (χ3n) is 3.57. The van der Waals surface area contributed by atoms with Gasteiger partial charge in [0.25, 0.3) is 0 Å². The van der Waals surface area contributed by atoms with Crippen LogP contribution in [-0.2, 0) is 14.3 Å². The number of anilines is 1. The van der Waals surface area contributed by atoms with Gasteiger partial charge in [-0.25, -0.2) is 0 Å². The highest BCUT2D eigenvalue weighted by atomic mass is 16.5. The summed E-state index contributed by atoms with van der Waals surface area (Å²) < 4.78 is 7.24. The number of aromatic nitrogens is 2. The third kappa shape index (κ3) is 4.56. The van der Waals surface area contributed by atoms with Crippen LogP contribution in [0.15, 0.2) is 12.3 Å². The second kappa shape index (κ2) is 7.40. The summed E-state index contributed by atoms with van der Waals surface area (Å²) in [7, 11) is 0. The Balaban J connectivity index is 1.83. The standard InChI is InChI=1S/C15H24N4O3/c1-11(2)22-9-6-15(21)18-7-4-13(10-18)19-8-5-14(17-19)16-12(3)20/h5,8,11,13H,4,6-7,9-10H2,1-3H3,(H,16,17,20)/t13-/m1/s1. The minimum atomic E-state index is -0.140. The van der Waals surface area contributed by atoms with Crippen LogP contribution < -0.4 is 5.32 Å². The van der Waals surface area contributed by atoms with Crippen LogP contribution in [0.3, 0.4) is 0 Å². The minimum absolute atomic E-state index is 0.123. The summed E-state index contributed by atoms with van der Waals surface area (Å²) >= 11 is 0. The summed E-state index contributed by atoms with van der Waals surface area (Å²) in [4.78, 5) is 25.0. The van der Waals surface area contributed by atoms with Crippen LogP contribution in [0, 0.1) is 0 Å². The van der Waals surface area contributed by atoms with E-state index in [9.17, 15) is 9.59 Å². The van der Waals surface area contributed by atoms with Gasteiger partial charge < -0.3 is 15.0 Å². The summed E-state index contributed by atoms with van der Waals surface area (Å²) in [5.41, 5.74) is 0. The molecule has 22 heavy (non-hydrogen) atoms. The van der Waals surface area contributed by atoms with Crippen LogP contribution in [0.2, 0.25) is 0 Å². The van der Waals surface area contributed by atoms with Crippen LogP contribution in [0.4, 0.5) is 5.82 Å². The maximum atomic E-state index is 12.1. The highest BCUT2D eigenvalue weighted by Crippen LogP contribution is 2.22. The number of nitrogens with one attached hydrogen (secondary N) is 1. The molecule has 2 heterocycles. The number of hydrogen-bond donors (Lipinski definition) is 1. The molecule has 2 amide bonds. The highest BCUT2D eigenvalue weighted by Gasteiger charge is 2.27. The van der Waals surface area contributed by atoms with E-state index in [0.29, 0.717) is 25.4 Å². The zero-order valence-electron chi connectivity index (χ0n) is 13.4. The number of carbonyl (C=O) groups is 2. The van der Waals surface area contributed by atoms with Crippen LogP contribution in [0.1, 0.15) is 39.7 Å². The van der Waals surface area contributed by atoms with E-state index in [2.05, 4.69) is 10.4 Å². The Morgan fingerprint density at radius 2 is 2.27 bits per heavy atom. The molecule has 0 bridgehead atoms. The third-order valence-corrected chi connectivity index (χ3v) is 3.57. The zero-order valence-corrected chi connectivity index (χ0v) is 13.4. The first-order valence-corrected chi connectivity index (χ1v) is 7.68. The molecule has 2 rings (SSSR count). The van der Waals surface area contributed by atoms with E-state index >= 15 is 0 Å². The summed E-state index contributed by atoms with van der Waals surface area (Å²) in [6.07, 6.45) is 3.28. The molecule has 0 radical (unpaired) electrons. The Morgan fingerprint density at radius 1 is 1.50 bits per heavy atom. The second-order valence-corrected chi connectivity index (χ2v) is 5.81. The predicted molar refractivity (Wildman–Crippen MR) is 82.5 cm³/mol. The number of ether oxygens (including phenoxy) is 1. The van der Waals surface area contributed by atoms with Crippen molar-refractivity contribution in [2.45, 2.75) is 45.8 Å². The smallest absolute Gasteiger partial charge is 0.224 e. The van der Waals surface area contributed by atoms with E-state index in [1.807, 2.05) is 29.6 Å². The van der Waals surface area contributed by atoms with Crippen LogP contribution in [0.25, 0.3) is 0 Å². The maximum absolute atomic E-state index is 12.1. The summed E-state index contributed by atoms with van der Waals surface area (Å²) in [5.74, 6) is 0.527. The van der Waals surface area contributed by atoms with E-state index in [0.717, 1.165) is 13.0 Å². The number of amides is 2. The molecule has 0 spiro atoms. The maximum Gasteiger partial charge on any atom is 0.224 e. The Kier molecular flexibility index (Phi) is 5.54. The Labute approximate surface area is 130 Å². The van der Waals surface area contributed by atoms with Gasteiger partial charge in [0, 0.05) is 32.3 Å². The van der Waals surface area contributed by atoms with Crippen molar-refractivity contribution in [3.05, 3.63) is 12.3 Å². The van der Waals surface area contributed by atoms with Gasteiger partial charge in [0.1, 0.15) is 0 Å². The fourth-order valence-corrected chi connectivity index (χ4v) is 2.51. The first-order chi connectivity index (χ1) is 10.5. The first-order valence-electron chi connectivity index (χ1n) is 7.68. The fourth-order valence-electron chi connectivity index (χ4n) is 2.51. The molecule has 1 atom stereocenters. The van der Waals surface area contributed by atoms with Gasteiger partial charge in [-0.1, -0.05) is 0 Å². The predicted octanol–water partition coefficient (Wildman–Crippen LogP) is 1.43. The molecule has 1 aromatic rings. The Morgan fingerprint density at radius 3 is 2.95 bits per heavy atom. The highest BCUT2D eigenvalue weighted by molar-refractivity contribution is 5.87. The monoisotopic (exact) mass is 308 g/mol. The Hall–Kier alpha value is -1.89. The molecule has 1 aliphatic rings. The van der Waals surface area contributed by atoms with Crippen molar-refractivity contribution in [1.29, 1.82) is 0 Å². The van der Waals surface area contributed by atoms with E-state index in [1.54, 1.807) is 6.07 Å². The summed E-state index contributed by atoms with van der Waals surface area (Å²) in [6, 6.07) is 1.93. The lowest BCUT2D eigenvalue weighted by Gasteiger charge is -2.17. The van der Waals surface area contributed by atoms with Crippen molar-refractivity contribution in [2.24, 2.45) is 0 Å². The van der Waals surface area contributed by atoms with Gasteiger partial charge in [0.15, 0.2) is 5.82 Å². The van der Waals surface area contributed by atoms with Gasteiger partial charge >= 0.3 is 0 Å². The van der Waals surface area contributed by atoms with Crippen LogP contribution in [0.5, 0.6) is 0 Å². The number of hydrogen-bond acceptors (Lipinski definition) is 4. The topological polar surface area (TPSA) is 76.5 Å². The van der Waals surface area contributed by atoms with Crippen molar-refractivity contribution in [2.75, 3.05) is 25.0 Å². The van der Waals surface area contributed by atoms with E-state index in [1.165, 1.54) is 6.92 Å². The van der Waals surface area contributed by atoms with Crippen molar-refractivity contribution < 1.29 is 14.3 Å². The van der Waals surface area contributed by atoms with Gasteiger partial charge in [-0.2, -0.15) is 5.10 Å². The summed E-state index contributed by atoms with van der Waals surface area (Å²) in [6.45, 7) is 7.23. The second-order valence-electron chi connectivity index (χ2n) is 5.81. The minimum Gasteiger partial charge on any atom is -0.378 e. The van der Waals surface area contributed by atoms with Crippen molar-refractivity contribution in [3.8, 4) is 0 Å². The molecule has 0 saturated carbocycles. The molecule has 1 fully saturated rings. The van der Waals surface area contributed by atoms with E-state index < -0.39 is 0 Å². The first kappa shape index (κ1) is 16.5. The van der Waals surface area contributed by atoms with Gasteiger partial charge in [0.2, 0.25) is 11.8 Å². The number of rotatable bonds is 6. The molecule has 1 saturated heterocycles. The fraction of sp³-hybridized carbons (Fsp3) is 0.667. The quantitative estimate of drug-likeness (QED) is 0.862. The lowest BCUT2D eigenvalue weighted by atomic mass is 10.3. The SMILES string of the molecule is CC(=O)Nc1ccn([C@@H]2CCN(C(=O)CCOC(C)C)C2)n1. The molecule has 1 aliphatic heterocycles. The normalized spacial score (nSPS) is 18.0. The van der Waals surface area contributed by atoms with Crippen LogP contribution >= 0.6 is 0 Å². The van der Waals surface area contributed by atoms with E-state index in [-0.39, 0.29) is 24.0 Å². The molecule has 1 aromatic heterocycles. The van der Waals surface area contributed by atoms with Gasteiger partial charge in [0.05, 0.1) is 25.2 Å². The lowest BCUT2D eigenvalue weighted by Crippen LogP contribution is -2.30. The molecule has 122 valence electrons. The van der Waals surface area contributed by atoms with Crippen molar-refractivity contribution in [3.63, 3.8) is 0 Å². The average Bonchev–Trinajstić information content (AvgIpc) is 3.05. The lowest BCUT2D eigenvalue weighted by molar-refractivity contribution is -0.131. The molecular formula is C15H24N4O3. The van der Waals surface area contributed by atoms with Crippen LogP contribution in [-0.4, -0.2) is 52.3 Å². The average molecular weight is 308 g/mol. The zero-order chi connectivity index (χ0) is 16.1. The molecular weight excluding hydrogens is 284 g/mol.